The van der Waals surface area contributed by atoms with Gasteiger partial charge in [0.05, 0.1) is 18.5 Å². The van der Waals surface area contributed by atoms with Crippen LogP contribution in [0.5, 0.6) is 5.75 Å². The predicted octanol–water partition coefficient (Wildman–Crippen LogP) is 2.77. The maximum absolute atomic E-state index is 12.8. The zero-order chi connectivity index (χ0) is 18.7. The highest BCUT2D eigenvalue weighted by Gasteiger charge is 2.38. The van der Waals surface area contributed by atoms with Crippen molar-refractivity contribution in [3.8, 4) is 5.75 Å². The van der Waals surface area contributed by atoms with Crippen molar-refractivity contribution in [1.82, 2.24) is 5.32 Å². The predicted molar refractivity (Wildman–Crippen MR) is 104 cm³/mol. The fourth-order valence-corrected chi connectivity index (χ4v) is 2.81. The number of carbonyl (C=O) groups is 2. The summed E-state index contributed by atoms with van der Waals surface area (Å²) in [4.78, 5) is 30.6. The van der Waals surface area contributed by atoms with Crippen LogP contribution in [0.2, 0.25) is 0 Å². The van der Waals surface area contributed by atoms with Gasteiger partial charge in [-0.15, -0.1) is 0 Å². The second kappa shape index (κ2) is 7.45. The highest BCUT2D eigenvalue weighted by Crippen LogP contribution is 2.23. The molecule has 1 N–H and O–H groups in total. The molecule has 0 aromatic heterocycles. The Balaban J connectivity index is 1.87. The summed E-state index contributed by atoms with van der Waals surface area (Å²) in [5.41, 5.74) is 2.25. The van der Waals surface area contributed by atoms with E-state index in [0.717, 1.165) is 5.56 Å². The van der Waals surface area contributed by atoms with Gasteiger partial charge in [-0.1, -0.05) is 23.8 Å². The number of hydrogen-bond donors (Lipinski definition) is 1. The molecule has 6 nitrogen and oxygen atoms in total. The molecule has 0 radical (unpaired) electrons. The van der Waals surface area contributed by atoms with Crippen LogP contribution in [-0.4, -0.2) is 30.3 Å². The fraction of sp³-hybridized carbons (Fsp3) is 0.158. The Morgan fingerprint density at radius 2 is 1.92 bits per heavy atom. The smallest absolute Gasteiger partial charge is 0.251 e. The van der Waals surface area contributed by atoms with Crippen molar-refractivity contribution in [2.45, 2.75) is 6.92 Å². The third kappa shape index (κ3) is 3.62. The quantitative estimate of drug-likeness (QED) is 0.512. The molecule has 1 fully saturated rings. The number of benzene rings is 2. The third-order valence-electron chi connectivity index (χ3n) is 3.92. The number of hydrogen-bond acceptors (Lipinski definition) is 5. The maximum Gasteiger partial charge on any atom is 0.251 e. The van der Waals surface area contributed by atoms with E-state index >= 15 is 0 Å². The Kier molecular flexibility index (Phi) is 5.09. The van der Waals surface area contributed by atoms with E-state index in [-0.39, 0.29) is 5.11 Å². The van der Waals surface area contributed by atoms with Crippen molar-refractivity contribution in [2.75, 3.05) is 12.0 Å². The summed E-state index contributed by atoms with van der Waals surface area (Å²) in [6.07, 6.45) is 1.33. The Morgan fingerprint density at radius 1 is 1.19 bits per heavy atom. The van der Waals surface area contributed by atoms with E-state index in [1.54, 1.807) is 43.5 Å². The Hall–Kier alpha value is -3.06. The summed E-state index contributed by atoms with van der Waals surface area (Å²) < 4.78 is 5.14. The molecular formula is C19H17N3O3S. The number of anilines is 1. The molecular weight excluding hydrogens is 350 g/mol. The van der Waals surface area contributed by atoms with Crippen molar-refractivity contribution >= 4 is 46.7 Å². The van der Waals surface area contributed by atoms with Gasteiger partial charge in [-0.2, -0.15) is 0 Å². The summed E-state index contributed by atoms with van der Waals surface area (Å²) in [5, 5.41) is 2.63. The highest BCUT2D eigenvalue weighted by atomic mass is 32.1. The number of aliphatic imine (C=N–C) groups is 1. The molecule has 0 aliphatic carbocycles. The standard InChI is InChI=1S/C19H17N3O3S/c1-12-6-8-14(9-7-12)22-18(24)16(17(23)21-19(22)26)11-20-13-4-3-5-15(10-13)25-2/h3-11,16H,1-2H3,(H,21,23,26)/t16-/m0/s1. The van der Waals surface area contributed by atoms with E-state index in [0.29, 0.717) is 17.1 Å². The minimum Gasteiger partial charge on any atom is -0.497 e. The average molecular weight is 367 g/mol. The largest absolute Gasteiger partial charge is 0.497 e. The summed E-state index contributed by atoms with van der Waals surface area (Å²) in [7, 11) is 1.56. The van der Waals surface area contributed by atoms with Crippen LogP contribution >= 0.6 is 12.2 Å². The topological polar surface area (TPSA) is 71.0 Å². The van der Waals surface area contributed by atoms with Gasteiger partial charge in [-0.3, -0.25) is 19.5 Å². The number of thiocarbonyl (C=S) groups is 1. The van der Waals surface area contributed by atoms with Crippen molar-refractivity contribution in [1.29, 1.82) is 0 Å². The monoisotopic (exact) mass is 367 g/mol. The normalized spacial score (nSPS) is 17.5. The third-order valence-corrected chi connectivity index (χ3v) is 4.20. The Morgan fingerprint density at radius 3 is 2.62 bits per heavy atom. The molecule has 0 saturated carbocycles. The van der Waals surface area contributed by atoms with Crippen LogP contribution in [0.4, 0.5) is 11.4 Å². The SMILES string of the molecule is COc1cccc(N=C[C@H]2C(=O)NC(=S)N(c3ccc(C)cc3)C2=O)c1. The van der Waals surface area contributed by atoms with Gasteiger partial charge in [0.1, 0.15) is 5.75 Å². The van der Waals surface area contributed by atoms with Crippen LogP contribution < -0.4 is 15.0 Å². The van der Waals surface area contributed by atoms with Gasteiger partial charge in [0, 0.05) is 12.3 Å². The molecule has 1 aliphatic heterocycles. The van der Waals surface area contributed by atoms with E-state index in [4.69, 9.17) is 17.0 Å². The number of nitrogens with one attached hydrogen (secondary N) is 1. The van der Waals surface area contributed by atoms with Gasteiger partial charge in [0.15, 0.2) is 11.0 Å². The van der Waals surface area contributed by atoms with Crippen molar-refractivity contribution in [2.24, 2.45) is 10.9 Å². The van der Waals surface area contributed by atoms with Crippen LogP contribution in [0, 0.1) is 12.8 Å². The minimum atomic E-state index is -1.06. The van der Waals surface area contributed by atoms with Crippen molar-refractivity contribution in [3.63, 3.8) is 0 Å². The molecule has 1 heterocycles. The molecule has 2 aromatic rings. The molecule has 0 bridgehead atoms. The molecule has 0 unspecified atom stereocenters. The van der Waals surface area contributed by atoms with E-state index in [1.165, 1.54) is 11.1 Å². The lowest BCUT2D eigenvalue weighted by Gasteiger charge is -2.30. The lowest BCUT2D eigenvalue weighted by molar-refractivity contribution is -0.130. The van der Waals surface area contributed by atoms with E-state index < -0.39 is 17.7 Å². The highest BCUT2D eigenvalue weighted by molar-refractivity contribution is 7.80. The molecule has 26 heavy (non-hydrogen) atoms. The average Bonchev–Trinajstić information content (AvgIpc) is 2.63. The molecule has 2 amide bonds. The number of methoxy groups -OCH3 is 1. The summed E-state index contributed by atoms with van der Waals surface area (Å²) in [6, 6.07) is 14.4. The van der Waals surface area contributed by atoms with Crippen LogP contribution in [0.3, 0.4) is 0 Å². The lowest BCUT2D eigenvalue weighted by atomic mass is 10.1. The number of aryl methyl sites for hydroxylation is 1. The first-order valence-corrected chi connectivity index (χ1v) is 8.34. The van der Waals surface area contributed by atoms with Crippen LogP contribution in [0.1, 0.15) is 5.56 Å². The van der Waals surface area contributed by atoms with Crippen LogP contribution in [0.25, 0.3) is 0 Å². The maximum atomic E-state index is 12.8. The first kappa shape index (κ1) is 17.8. The number of rotatable bonds is 4. The second-order valence-corrected chi connectivity index (χ2v) is 6.15. The van der Waals surface area contributed by atoms with E-state index in [1.807, 2.05) is 19.1 Å². The number of amides is 2. The van der Waals surface area contributed by atoms with Crippen molar-refractivity contribution < 1.29 is 14.3 Å². The minimum absolute atomic E-state index is 0.0647. The summed E-state index contributed by atoms with van der Waals surface area (Å²) >= 11 is 5.17. The van der Waals surface area contributed by atoms with Gasteiger partial charge in [-0.05, 0) is 43.4 Å². The van der Waals surface area contributed by atoms with Gasteiger partial charge in [-0.25, -0.2) is 0 Å². The number of ether oxygens (including phenoxy) is 1. The van der Waals surface area contributed by atoms with Gasteiger partial charge >= 0.3 is 0 Å². The molecule has 2 aromatic carbocycles. The zero-order valence-electron chi connectivity index (χ0n) is 14.3. The van der Waals surface area contributed by atoms with Gasteiger partial charge in [0.2, 0.25) is 5.91 Å². The van der Waals surface area contributed by atoms with Gasteiger partial charge < -0.3 is 10.1 Å². The van der Waals surface area contributed by atoms with Crippen molar-refractivity contribution in [3.05, 3.63) is 54.1 Å². The van der Waals surface area contributed by atoms with Crippen LogP contribution in [-0.2, 0) is 9.59 Å². The Bertz CT molecular complexity index is 893. The zero-order valence-corrected chi connectivity index (χ0v) is 15.1. The molecule has 1 aliphatic rings. The second-order valence-electron chi connectivity index (χ2n) is 5.76. The number of nitrogens with zero attached hydrogens (tertiary/aromatic N) is 2. The first-order chi connectivity index (χ1) is 12.5. The fourth-order valence-electron chi connectivity index (χ4n) is 2.51. The lowest BCUT2D eigenvalue weighted by Crippen LogP contribution is -2.58. The van der Waals surface area contributed by atoms with Crippen LogP contribution in [0.15, 0.2) is 53.5 Å². The van der Waals surface area contributed by atoms with E-state index in [9.17, 15) is 9.59 Å². The molecule has 0 spiro atoms. The molecule has 7 heteroatoms. The molecule has 1 saturated heterocycles. The first-order valence-electron chi connectivity index (χ1n) is 7.93. The van der Waals surface area contributed by atoms with E-state index in [2.05, 4.69) is 10.3 Å². The molecule has 132 valence electrons. The number of carbonyl (C=O) groups excluding carboxylic acids is 2. The summed E-state index contributed by atoms with van der Waals surface area (Å²) in [5.74, 6) is -1.35. The molecule has 3 rings (SSSR count). The molecule has 1 atom stereocenters. The summed E-state index contributed by atoms with van der Waals surface area (Å²) in [6.45, 7) is 1.95. The Labute approximate surface area is 156 Å². The van der Waals surface area contributed by atoms with Gasteiger partial charge in [0.25, 0.3) is 5.91 Å².